The zero-order valence-electron chi connectivity index (χ0n) is 8.56. The van der Waals surface area contributed by atoms with Crippen LogP contribution in [0.2, 0.25) is 10.0 Å². The Balaban J connectivity index is 3.13. The van der Waals surface area contributed by atoms with E-state index in [2.05, 4.69) is 4.99 Å². The zero-order valence-corrected chi connectivity index (χ0v) is 11.6. The highest BCUT2D eigenvalue weighted by Crippen LogP contribution is 2.42. The van der Waals surface area contributed by atoms with Crippen LogP contribution in [-0.4, -0.2) is 17.2 Å². The van der Waals surface area contributed by atoms with Crippen LogP contribution in [0.5, 0.6) is 0 Å². The quantitative estimate of drug-likeness (QED) is 0.371. The van der Waals surface area contributed by atoms with E-state index < -0.39 is 5.51 Å². The Bertz CT molecular complexity index is 454. The Morgan fingerprint density at radius 3 is 2.17 bits per heavy atom. The maximum absolute atomic E-state index is 12.2. The zero-order chi connectivity index (χ0) is 13.9. The minimum atomic E-state index is -4.41. The second-order valence-corrected chi connectivity index (χ2v) is 5.24. The van der Waals surface area contributed by atoms with Gasteiger partial charge in [0.15, 0.2) is 0 Å². The molecule has 0 aliphatic carbocycles. The summed E-state index contributed by atoms with van der Waals surface area (Å²) in [6.07, 6.45) is 0. The number of nitrogens with two attached hydrogens (primary N) is 1. The van der Waals surface area contributed by atoms with Gasteiger partial charge in [0.1, 0.15) is 11.5 Å². The predicted octanol–water partition coefficient (Wildman–Crippen LogP) is 4.83. The van der Waals surface area contributed by atoms with E-state index in [0.717, 1.165) is 12.1 Å². The third-order valence-electron chi connectivity index (χ3n) is 1.62. The molecule has 2 nitrogen and oxygen atoms in total. The molecule has 0 unspecified atom stereocenters. The van der Waals surface area contributed by atoms with Crippen LogP contribution >= 0.6 is 46.6 Å². The summed E-state index contributed by atoms with van der Waals surface area (Å²) in [7, 11) is 0. The van der Waals surface area contributed by atoms with Crippen LogP contribution in [0.25, 0.3) is 0 Å². The van der Waals surface area contributed by atoms with Crippen LogP contribution < -0.4 is 5.73 Å². The topological polar surface area (TPSA) is 38.4 Å². The fraction of sp³-hybridized carbons (Fsp3) is 0.222. The van der Waals surface area contributed by atoms with Crippen molar-refractivity contribution >= 4 is 58.1 Å². The molecule has 0 saturated carbocycles. The summed E-state index contributed by atoms with van der Waals surface area (Å²) in [4.78, 5) is 3.70. The van der Waals surface area contributed by atoms with Gasteiger partial charge in [-0.05, 0) is 23.9 Å². The summed E-state index contributed by atoms with van der Waals surface area (Å²) in [5, 5.41) is -0.0513. The van der Waals surface area contributed by atoms with Gasteiger partial charge in [0.2, 0.25) is 0 Å². The molecule has 0 amide bonds. The predicted molar refractivity (Wildman–Crippen MR) is 70.4 cm³/mol. The van der Waals surface area contributed by atoms with Gasteiger partial charge in [0.05, 0.1) is 15.9 Å². The smallest absolute Gasteiger partial charge is 0.386 e. The minimum absolute atomic E-state index is 0.0256. The standard InChI is InChI=1S/C9H6Cl3F3N2S/c10-3-7(16)17-8-5(11)1-4(2-6(8)12)18-9(13,14)15/h1-2H,3H2,(H2,16,17). The van der Waals surface area contributed by atoms with E-state index in [1.807, 2.05) is 0 Å². The molecule has 9 heteroatoms. The Morgan fingerprint density at radius 2 is 1.78 bits per heavy atom. The molecule has 1 rings (SSSR count). The highest BCUT2D eigenvalue weighted by atomic mass is 35.5. The SMILES string of the molecule is NC(CCl)=Nc1c(Cl)cc(SC(F)(F)F)cc1Cl. The van der Waals surface area contributed by atoms with Crippen LogP contribution in [-0.2, 0) is 0 Å². The van der Waals surface area contributed by atoms with E-state index in [1.54, 1.807) is 0 Å². The molecule has 0 atom stereocenters. The van der Waals surface area contributed by atoms with Crippen molar-refractivity contribution in [1.29, 1.82) is 0 Å². The number of aliphatic imine (C=N–C) groups is 1. The lowest BCUT2D eigenvalue weighted by atomic mass is 10.3. The van der Waals surface area contributed by atoms with Crippen molar-refractivity contribution in [3.8, 4) is 0 Å². The van der Waals surface area contributed by atoms with Crippen molar-refractivity contribution in [3.63, 3.8) is 0 Å². The molecule has 0 bridgehead atoms. The van der Waals surface area contributed by atoms with Crippen molar-refractivity contribution in [2.75, 3.05) is 5.88 Å². The van der Waals surface area contributed by atoms with E-state index in [-0.39, 0.29) is 44.1 Å². The van der Waals surface area contributed by atoms with Gasteiger partial charge in [-0.3, -0.25) is 0 Å². The number of halogens is 6. The molecular weight excluding hydrogens is 332 g/mol. The van der Waals surface area contributed by atoms with Crippen LogP contribution in [0, 0.1) is 0 Å². The molecule has 100 valence electrons. The second kappa shape index (κ2) is 6.23. The summed E-state index contributed by atoms with van der Waals surface area (Å²) < 4.78 is 36.5. The number of alkyl halides is 4. The summed E-state index contributed by atoms with van der Waals surface area (Å²) in [5.41, 5.74) is 1.09. The minimum Gasteiger partial charge on any atom is -0.386 e. The Labute approximate surface area is 120 Å². The fourth-order valence-electron chi connectivity index (χ4n) is 1.02. The highest BCUT2D eigenvalue weighted by Gasteiger charge is 2.29. The number of nitrogens with zero attached hydrogens (tertiary/aromatic N) is 1. The molecule has 1 aromatic rings. The average Bonchev–Trinajstić information content (AvgIpc) is 2.20. The first-order chi connectivity index (χ1) is 8.23. The lowest BCUT2D eigenvalue weighted by Crippen LogP contribution is -2.12. The van der Waals surface area contributed by atoms with Crippen molar-refractivity contribution in [1.82, 2.24) is 0 Å². The van der Waals surface area contributed by atoms with Gasteiger partial charge in [-0.2, -0.15) is 13.2 Å². The fourth-order valence-corrected chi connectivity index (χ4v) is 2.40. The average molecular weight is 338 g/mol. The number of hydrogen-bond acceptors (Lipinski definition) is 2. The van der Waals surface area contributed by atoms with Gasteiger partial charge < -0.3 is 5.73 Å². The third-order valence-corrected chi connectivity index (χ3v) is 3.17. The van der Waals surface area contributed by atoms with Crippen LogP contribution in [0.3, 0.4) is 0 Å². The maximum atomic E-state index is 12.2. The van der Waals surface area contributed by atoms with Gasteiger partial charge >= 0.3 is 5.51 Å². The van der Waals surface area contributed by atoms with E-state index >= 15 is 0 Å². The van der Waals surface area contributed by atoms with Crippen molar-refractivity contribution in [3.05, 3.63) is 22.2 Å². The second-order valence-electron chi connectivity index (χ2n) is 3.02. The van der Waals surface area contributed by atoms with Crippen LogP contribution in [0.15, 0.2) is 22.0 Å². The number of rotatable bonds is 3. The van der Waals surface area contributed by atoms with Crippen LogP contribution in [0.1, 0.15) is 0 Å². The van der Waals surface area contributed by atoms with Gasteiger partial charge in [0.25, 0.3) is 0 Å². The molecule has 0 radical (unpaired) electrons. The number of hydrogen-bond donors (Lipinski definition) is 1. The first kappa shape index (κ1) is 15.8. The molecule has 2 N–H and O–H groups in total. The van der Waals surface area contributed by atoms with Crippen molar-refractivity contribution < 1.29 is 13.2 Å². The molecule has 0 aliphatic heterocycles. The number of thioether (sulfide) groups is 1. The molecule has 0 aromatic heterocycles. The lowest BCUT2D eigenvalue weighted by molar-refractivity contribution is -0.0328. The van der Waals surface area contributed by atoms with Gasteiger partial charge in [0, 0.05) is 4.90 Å². The van der Waals surface area contributed by atoms with E-state index in [4.69, 9.17) is 40.5 Å². The molecular formula is C9H6Cl3F3N2S. The Hall–Kier alpha value is -0.300. The van der Waals surface area contributed by atoms with Gasteiger partial charge in [-0.25, -0.2) is 4.99 Å². The van der Waals surface area contributed by atoms with E-state index in [9.17, 15) is 13.2 Å². The molecule has 0 spiro atoms. The summed E-state index contributed by atoms with van der Waals surface area (Å²) in [6, 6.07) is 2.23. The van der Waals surface area contributed by atoms with Gasteiger partial charge in [-0.15, -0.1) is 11.6 Å². The molecule has 0 aliphatic rings. The molecule has 0 fully saturated rings. The molecule has 0 saturated heterocycles. The van der Waals surface area contributed by atoms with Gasteiger partial charge in [-0.1, -0.05) is 23.2 Å². The van der Waals surface area contributed by atoms with Crippen LogP contribution in [0.4, 0.5) is 18.9 Å². The largest absolute Gasteiger partial charge is 0.446 e. The first-order valence-electron chi connectivity index (χ1n) is 4.36. The monoisotopic (exact) mass is 336 g/mol. The maximum Gasteiger partial charge on any atom is 0.446 e. The highest BCUT2D eigenvalue weighted by molar-refractivity contribution is 8.00. The Kier molecular flexibility index (Phi) is 5.46. The number of benzene rings is 1. The summed E-state index contributed by atoms with van der Waals surface area (Å²) >= 11 is 16.7. The first-order valence-corrected chi connectivity index (χ1v) is 6.47. The third kappa shape index (κ3) is 4.76. The summed E-state index contributed by atoms with van der Waals surface area (Å²) in [6.45, 7) is 0. The Morgan fingerprint density at radius 1 is 1.28 bits per heavy atom. The van der Waals surface area contributed by atoms with E-state index in [1.165, 1.54) is 0 Å². The summed E-state index contributed by atoms with van der Waals surface area (Å²) in [5.74, 6) is 0.0304. The lowest BCUT2D eigenvalue weighted by Gasteiger charge is -2.09. The van der Waals surface area contributed by atoms with Crippen molar-refractivity contribution in [2.45, 2.75) is 10.4 Å². The molecule has 0 heterocycles. The molecule has 18 heavy (non-hydrogen) atoms. The van der Waals surface area contributed by atoms with Crippen molar-refractivity contribution in [2.24, 2.45) is 10.7 Å². The normalized spacial score (nSPS) is 12.9. The molecule has 1 aromatic carbocycles. The number of amidine groups is 1. The van der Waals surface area contributed by atoms with E-state index in [0.29, 0.717) is 0 Å².